The minimum Gasteiger partial charge on any atom is -0.379 e. The van der Waals surface area contributed by atoms with E-state index < -0.39 is 10.0 Å². The van der Waals surface area contributed by atoms with Crippen LogP contribution in [0.3, 0.4) is 0 Å². The summed E-state index contributed by atoms with van der Waals surface area (Å²) in [5, 5.41) is 2.86. The number of hydrogen-bond acceptors (Lipinski definition) is 4. The molecule has 1 aliphatic heterocycles. The lowest BCUT2D eigenvalue weighted by atomic mass is 9.95. The van der Waals surface area contributed by atoms with Crippen molar-refractivity contribution in [2.24, 2.45) is 0 Å². The van der Waals surface area contributed by atoms with Crippen LogP contribution < -0.4 is 5.32 Å². The first-order chi connectivity index (χ1) is 13.0. The first-order valence-corrected chi connectivity index (χ1v) is 10.5. The first kappa shape index (κ1) is 19.5. The quantitative estimate of drug-likeness (QED) is 0.826. The van der Waals surface area contributed by atoms with Crippen molar-refractivity contribution in [1.82, 2.24) is 4.31 Å². The first-order valence-electron chi connectivity index (χ1n) is 9.06. The molecule has 0 aromatic heterocycles. The van der Waals surface area contributed by atoms with Crippen molar-refractivity contribution in [3.8, 4) is 0 Å². The maximum absolute atomic E-state index is 12.8. The number of ether oxygens (including phenoxy) is 1. The van der Waals surface area contributed by atoms with Gasteiger partial charge >= 0.3 is 0 Å². The van der Waals surface area contributed by atoms with Gasteiger partial charge in [0.05, 0.1) is 24.0 Å². The van der Waals surface area contributed by atoms with E-state index in [0.29, 0.717) is 38.4 Å². The van der Waals surface area contributed by atoms with Gasteiger partial charge in [0, 0.05) is 18.8 Å². The summed E-state index contributed by atoms with van der Waals surface area (Å²) in [7, 11) is -3.60. The average Bonchev–Trinajstić information content (AvgIpc) is 2.70. The Morgan fingerprint density at radius 2 is 1.81 bits per heavy atom. The number of sulfonamides is 1. The third kappa shape index (κ3) is 4.55. The van der Waals surface area contributed by atoms with Crippen LogP contribution in [0.4, 0.5) is 5.69 Å². The topological polar surface area (TPSA) is 75.7 Å². The Kier molecular flexibility index (Phi) is 6.26. The summed E-state index contributed by atoms with van der Waals surface area (Å²) >= 11 is 0. The summed E-state index contributed by atoms with van der Waals surface area (Å²) < 4.78 is 32.2. The highest BCUT2D eigenvalue weighted by atomic mass is 32.2. The van der Waals surface area contributed by atoms with Crippen LogP contribution >= 0.6 is 0 Å². The molecule has 27 heavy (non-hydrogen) atoms. The zero-order valence-corrected chi connectivity index (χ0v) is 16.1. The number of anilines is 1. The van der Waals surface area contributed by atoms with Crippen LogP contribution in [0.1, 0.15) is 24.8 Å². The van der Waals surface area contributed by atoms with Gasteiger partial charge in [-0.15, -0.1) is 0 Å². The minimum atomic E-state index is -3.60. The second kappa shape index (κ2) is 8.65. The Morgan fingerprint density at radius 1 is 1.11 bits per heavy atom. The number of amides is 1. The van der Waals surface area contributed by atoms with Crippen LogP contribution in [0.25, 0.3) is 0 Å². The van der Waals surface area contributed by atoms with Crippen LogP contribution in [0.2, 0.25) is 0 Å². The van der Waals surface area contributed by atoms with E-state index >= 15 is 0 Å². The van der Waals surface area contributed by atoms with E-state index in [4.69, 9.17) is 4.74 Å². The van der Waals surface area contributed by atoms with Gasteiger partial charge in [0.2, 0.25) is 15.9 Å². The van der Waals surface area contributed by atoms with Crippen molar-refractivity contribution in [2.45, 2.75) is 24.2 Å². The monoisotopic (exact) mass is 388 g/mol. The molecule has 1 saturated heterocycles. The van der Waals surface area contributed by atoms with Gasteiger partial charge in [-0.05, 0) is 30.2 Å². The second-order valence-corrected chi connectivity index (χ2v) is 8.34. The highest BCUT2D eigenvalue weighted by Crippen LogP contribution is 2.24. The van der Waals surface area contributed by atoms with Crippen LogP contribution in [0.5, 0.6) is 0 Å². The molecule has 1 N–H and O–H groups in total. The lowest BCUT2D eigenvalue weighted by molar-refractivity contribution is -0.117. The van der Waals surface area contributed by atoms with E-state index in [9.17, 15) is 13.2 Å². The van der Waals surface area contributed by atoms with Crippen LogP contribution in [-0.4, -0.2) is 44.9 Å². The summed E-state index contributed by atoms with van der Waals surface area (Å²) in [6, 6.07) is 16.0. The van der Waals surface area contributed by atoms with E-state index in [1.807, 2.05) is 37.3 Å². The van der Waals surface area contributed by atoms with Crippen molar-refractivity contribution in [1.29, 1.82) is 0 Å². The van der Waals surface area contributed by atoms with E-state index in [0.717, 1.165) is 5.56 Å². The normalized spacial score (nSPS) is 16.6. The molecule has 0 aliphatic carbocycles. The lowest BCUT2D eigenvalue weighted by Gasteiger charge is -2.26. The number of nitrogens with one attached hydrogen (secondary N) is 1. The van der Waals surface area contributed by atoms with E-state index in [2.05, 4.69) is 5.32 Å². The van der Waals surface area contributed by atoms with Gasteiger partial charge in [-0.2, -0.15) is 4.31 Å². The Morgan fingerprint density at radius 3 is 2.48 bits per heavy atom. The molecule has 1 atom stereocenters. The van der Waals surface area contributed by atoms with Gasteiger partial charge in [0.1, 0.15) is 0 Å². The molecule has 1 fully saturated rings. The zero-order chi connectivity index (χ0) is 19.3. The fraction of sp³-hybridized carbons (Fsp3) is 0.350. The van der Waals surface area contributed by atoms with Gasteiger partial charge in [0.25, 0.3) is 0 Å². The van der Waals surface area contributed by atoms with Crippen molar-refractivity contribution >= 4 is 21.6 Å². The zero-order valence-electron chi connectivity index (χ0n) is 15.3. The summed E-state index contributed by atoms with van der Waals surface area (Å²) in [6.45, 7) is 3.42. The standard InChI is InChI=1S/C20H24N2O4S/c1-2-19(16-7-4-3-5-8-16)20(23)21-17-9-6-10-18(15-17)27(24,25)22-11-13-26-14-12-22/h3-10,15,19H,2,11-14H2,1H3,(H,21,23)/t19-/m0/s1. The maximum Gasteiger partial charge on any atom is 0.243 e. The molecule has 0 spiro atoms. The average molecular weight is 388 g/mol. The predicted molar refractivity (Wildman–Crippen MR) is 104 cm³/mol. The van der Waals surface area contributed by atoms with Crippen LogP contribution in [0, 0.1) is 0 Å². The summed E-state index contributed by atoms with van der Waals surface area (Å²) in [4.78, 5) is 12.9. The van der Waals surface area contributed by atoms with Crippen LogP contribution in [0.15, 0.2) is 59.5 Å². The molecule has 7 heteroatoms. The van der Waals surface area contributed by atoms with E-state index in [1.54, 1.807) is 18.2 Å². The molecule has 6 nitrogen and oxygen atoms in total. The van der Waals surface area contributed by atoms with Crippen molar-refractivity contribution in [3.63, 3.8) is 0 Å². The third-order valence-electron chi connectivity index (χ3n) is 4.64. The molecular formula is C20H24N2O4S. The molecule has 0 saturated carbocycles. The second-order valence-electron chi connectivity index (χ2n) is 6.41. The summed E-state index contributed by atoms with van der Waals surface area (Å²) in [6.07, 6.45) is 0.654. The maximum atomic E-state index is 12.8. The van der Waals surface area contributed by atoms with E-state index in [1.165, 1.54) is 10.4 Å². The molecule has 2 aromatic carbocycles. The number of nitrogens with zero attached hydrogens (tertiary/aromatic N) is 1. The number of carbonyl (C=O) groups excluding carboxylic acids is 1. The van der Waals surface area contributed by atoms with Crippen molar-refractivity contribution in [3.05, 3.63) is 60.2 Å². The number of carbonyl (C=O) groups is 1. The number of hydrogen-bond donors (Lipinski definition) is 1. The molecule has 144 valence electrons. The molecule has 3 rings (SSSR count). The van der Waals surface area contributed by atoms with E-state index in [-0.39, 0.29) is 16.7 Å². The summed E-state index contributed by atoms with van der Waals surface area (Å²) in [5.74, 6) is -0.435. The Balaban J connectivity index is 1.78. The Labute approximate surface area is 160 Å². The Bertz CT molecular complexity index is 878. The number of morpholine rings is 1. The molecular weight excluding hydrogens is 364 g/mol. The predicted octanol–water partition coefficient (Wildman–Crippen LogP) is 2.84. The van der Waals surface area contributed by atoms with Gasteiger partial charge < -0.3 is 10.1 Å². The fourth-order valence-electron chi connectivity index (χ4n) is 3.16. The minimum absolute atomic E-state index is 0.148. The fourth-order valence-corrected chi connectivity index (χ4v) is 4.61. The molecule has 0 unspecified atom stereocenters. The number of benzene rings is 2. The van der Waals surface area contributed by atoms with Gasteiger partial charge in [-0.25, -0.2) is 8.42 Å². The molecule has 0 radical (unpaired) electrons. The lowest BCUT2D eigenvalue weighted by Crippen LogP contribution is -2.40. The van der Waals surface area contributed by atoms with Gasteiger partial charge in [0.15, 0.2) is 0 Å². The van der Waals surface area contributed by atoms with Gasteiger partial charge in [-0.1, -0.05) is 43.3 Å². The highest BCUT2D eigenvalue weighted by molar-refractivity contribution is 7.89. The number of rotatable bonds is 6. The smallest absolute Gasteiger partial charge is 0.243 e. The molecule has 0 bridgehead atoms. The molecule has 1 aliphatic rings. The summed E-state index contributed by atoms with van der Waals surface area (Å²) in [5.41, 5.74) is 1.42. The Hall–Kier alpha value is -2.22. The van der Waals surface area contributed by atoms with Crippen LogP contribution in [-0.2, 0) is 19.6 Å². The molecule has 2 aromatic rings. The highest BCUT2D eigenvalue weighted by Gasteiger charge is 2.27. The van der Waals surface area contributed by atoms with Gasteiger partial charge in [-0.3, -0.25) is 4.79 Å². The SMILES string of the molecule is CC[C@H](C(=O)Nc1cccc(S(=O)(=O)N2CCOCC2)c1)c1ccccc1. The molecule has 1 heterocycles. The largest absolute Gasteiger partial charge is 0.379 e. The van der Waals surface area contributed by atoms with Crippen molar-refractivity contribution in [2.75, 3.05) is 31.6 Å². The molecule has 1 amide bonds. The third-order valence-corrected chi connectivity index (χ3v) is 6.53. The van der Waals surface area contributed by atoms with Crippen molar-refractivity contribution < 1.29 is 17.9 Å².